The van der Waals surface area contributed by atoms with Crippen LogP contribution in [0.2, 0.25) is 0 Å². The number of benzene rings is 1. The molecule has 0 saturated carbocycles. The summed E-state index contributed by atoms with van der Waals surface area (Å²) in [6.07, 6.45) is 2.39. The van der Waals surface area contributed by atoms with Gasteiger partial charge < -0.3 is 4.74 Å². The third kappa shape index (κ3) is 2.60. The van der Waals surface area contributed by atoms with Crippen LogP contribution in [0.3, 0.4) is 0 Å². The third-order valence-electron chi connectivity index (χ3n) is 4.87. The van der Waals surface area contributed by atoms with Crippen molar-refractivity contribution in [1.82, 2.24) is 4.98 Å². The van der Waals surface area contributed by atoms with Crippen LogP contribution >= 0.6 is 0 Å². The number of ether oxygens (including phenoxy) is 1. The Morgan fingerprint density at radius 2 is 1.82 bits per heavy atom. The maximum Gasteiger partial charge on any atom is 0.218 e. The van der Waals surface area contributed by atoms with Crippen molar-refractivity contribution in [3.63, 3.8) is 0 Å². The van der Waals surface area contributed by atoms with Gasteiger partial charge in [-0.05, 0) is 49.1 Å². The van der Waals surface area contributed by atoms with Gasteiger partial charge in [0.1, 0.15) is 0 Å². The van der Waals surface area contributed by atoms with Crippen LogP contribution in [-0.4, -0.2) is 11.1 Å². The summed E-state index contributed by atoms with van der Waals surface area (Å²) >= 11 is 0. The van der Waals surface area contributed by atoms with Crippen molar-refractivity contribution in [1.29, 1.82) is 0 Å². The molecule has 0 aliphatic carbocycles. The second-order valence-corrected chi connectivity index (χ2v) is 8.29. The van der Waals surface area contributed by atoms with Gasteiger partial charge in [0, 0.05) is 10.9 Å². The van der Waals surface area contributed by atoms with Crippen molar-refractivity contribution in [3.8, 4) is 5.88 Å². The molecule has 3 rings (SSSR count). The average Bonchev–Trinajstić information content (AvgIpc) is 2.34. The first-order valence-electron chi connectivity index (χ1n) is 8.26. The highest BCUT2D eigenvalue weighted by atomic mass is 16.5. The number of hydrogen-bond acceptors (Lipinski definition) is 2. The van der Waals surface area contributed by atoms with Crippen LogP contribution < -0.4 is 4.74 Å². The van der Waals surface area contributed by atoms with Crippen LogP contribution in [0.5, 0.6) is 5.88 Å². The number of para-hydroxylation sites is 1. The standard InChI is InChI=1S/C20H27NO/c1-13-11-19(3,4)12-20(5,6)17-14(2)15-9-7-8-10-16(15)21-18(17)22-13/h7-10,13H,11-12H2,1-6H3. The summed E-state index contributed by atoms with van der Waals surface area (Å²) in [4.78, 5) is 4.85. The van der Waals surface area contributed by atoms with E-state index in [1.165, 1.54) is 16.5 Å². The van der Waals surface area contributed by atoms with E-state index in [9.17, 15) is 0 Å². The van der Waals surface area contributed by atoms with Crippen LogP contribution in [0.1, 0.15) is 58.6 Å². The van der Waals surface area contributed by atoms with E-state index in [1.807, 2.05) is 6.07 Å². The molecule has 2 heterocycles. The molecule has 1 aromatic heterocycles. The van der Waals surface area contributed by atoms with Crippen LogP contribution in [0.4, 0.5) is 0 Å². The van der Waals surface area contributed by atoms with Crippen molar-refractivity contribution < 1.29 is 4.74 Å². The second-order valence-electron chi connectivity index (χ2n) is 8.29. The first-order chi connectivity index (χ1) is 10.2. The molecule has 0 saturated heterocycles. The molecule has 0 N–H and O–H groups in total. The predicted octanol–water partition coefficient (Wildman–Crippen LogP) is 5.41. The maximum absolute atomic E-state index is 6.29. The van der Waals surface area contributed by atoms with E-state index in [1.54, 1.807) is 0 Å². The summed E-state index contributed by atoms with van der Waals surface area (Å²) in [5.74, 6) is 0.837. The Hall–Kier alpha value is -1.57. The zero-order chi connectivity index (χ0) is 16.1. The summed E-state index contributed by atoms with van der Waals surface area (Å²) in [5.41, 5.74) is 3.95. The molecule has 2 nitrogen and oxygen atoms in total. The Kier molecular flexibility index (Phi) is 3.47. The maximum atomic E-state index is 6.29. The Morgan fingerprint density at radius 3 is 2.55 bits per heavy atom. The highest BCUT2D eigenvalue weighted by Crippen LogP contribution is 2.47. The molecule has 2 heteroatoms. The zero-order valence-electron chi connectivity index (χ0n) is 14.7. The van der Waals surface area contributed by atoms with E-state index < -0.39 is 0 Å². The lowest BCUT2D eigenvalue weighted by Crippen LogP contribution is -2.35. The fraction of sp³-hybridized carbons (Fsp3) is 0.550. The van der Waals surface area contributed by atoms with Crippen LogP contribution in [0.15, 0.2) is 24.3 Å². The second kappa shape index (κ2) is 4.97. The van der Waals surface area contributed by atoms with E-state index in [4.69, 9.17) is 9.72 Å². The first kappa shape index (κ1) is 15.3. The van der Waals surface area contributed by atoms with Crippen molar-refractivity contribution in [2.75, 3.05) is 0 Å². The van der Waals surface area contributed by atoms with Crippen LogP contribution in [-0.2, 0) is 5.41 Å². The molecule has 0 fully saturated rings. The highest BCUT2D eigenvalue weighted by Gasteiger charge is 2.38. The molecular weight excluding hydrogens is 270 g/mol. The average molecular weight is 297 g/mol. The number of aryl methyl sites for hydroxylation is 1. The fourth-order valence-electron chi connectivity index (χ4n) is 4.60. The Bertz CT molecular complexity index is 715. The van der Waals surface area contributed by atoms with E-state index in [2.05, 4.69) is 59.7 Å². The van der Waals surface area contributed by atoms with Gasteiger partial charge in [0.15, 0.2) is 0 Å². The van der Waals surface area contributed by atoms with Crippen molar-refractivity contribution >= 4 is 10.9 Å². The molecule has 1 atom stereocenters. The number of fused-ring (bicyclic) bond motifs is 2. The molecule has 2 aromatic rings. The number of aromatic nitrogens is 1. The minimum atomic E-state index is 0.0556. The quantitative estimate of drug-likeness (QED) is 0.649. The molecule has 118 valence electrons. The molecule has 22 heavy (non-hydrogen) atoms. The monoisotopic (exact) mass is 297 g/mol. The summed E-state index contributed by atoms with van der Waals surface area (Å²) in [6.45, 7) is 13.7. The largest absolute Gasteiger partial charge is 0.474 e. The van der Waals surface area contributed by atoms with Crippen LogP contribution in [0.25, 0.3) is 10.9 Å². The Labute approximate surface area is 133 Å². The SMILES string of the molecule is Cc1c2c(nc3ccccc13)OC(C)CC(C)(C)CC2(C)C. The molecule has 1 aliphatic rings. The number of pyridine rings is 1. The van der Waals surface area contributed by atoms with Gasteiger partial charge in [0.25, 0.3) is 0 Å². The summed E-state index contributed by atoms with van der Waals surface area (Å²) < 4.78 is 6.29. The smallest absolute Gasteiger partial charge is 0.218 e. The highest BCUT2D eigenvalue weighted by molar-refractivity contribution is 5.84. The van der Waals surface area contributed by atoms with Gasteiger partial charge in [-0.25, -0.2) is 4.98 Å². The lowest BCUT2D eigenvalue weighted by molar-refractivity contribution is 0.106. The van der Waals surface area contributed by atoms with Gasteiger partial charge in [-0.3, -0.25) is 0 Å². The Morgan fingerprint density at radius 1 is 1.14 bits per heavy atom. The normalized spacial score (nSPS) is 23.3. The first-order valence-corrected chi connectivity index (χ1v) is 8.26. The predicted molar refractivity (Wildman–Crippen MR) is 92.6 cm³/mol. The molecule has 1 unspecified atom stereocenters. The number of rotatable bonds is 0. The fourth-order valence-corrected chi connectivity index (χ4v) is 4.60. The van der Waals surface area contributed by atoms with E-state index in [0.29, 0.717) is 0 Å². The van der Waals surface area contributed by atoms with Crippen molar-refractivity contribution in [3.05, 3.63) is 35.4 Å². The molecule has 1 aliphatic heterocycles. The molecule has 0 spiro atoms. The van der Waals surface area contributed by atoms with E-state index >= 15 is 0 Å². The minimum absolute atomic E-state index is 0.0556. The van der Waals surface area contributed by atoms with Crippen LogP contribution in [0, 0.1) is 12.3 Å². The van der Waals surface area contributed by atoms with Gasteiger partial charge in [-0.1, -0.05) is 45.9 Å². The molecule has 0 radical (unpaired) electrons. The van der Waals surface area contributed by atoms with Gasteiger partial charge in [-0.2, -0.15) is 0 Å². The molecule has 0 bridgehead atoms. The van der Waals surface area contributed by atoms with Gasteiger partial charge in [0.2, 0.25) is 5.88 Å². The van der Waals surface area contributed by atoms with Gasteiger partial charge in [0.05, 0.1) is 11.6 Å². The lowest BCUT2D eigenvalue weighted by Gasteiger charge is -2.41. The summed E-state index contributed by atoms with van der Waals surface area (Å²) in [5, 5.41) is 1.24. The molecule has 1 aromatic carbocycles. The number of nitrogens with zero attached hydrogens (tertiary/aromatic N) is 1. The zero-order valence-corrected chi connectivity index (χ0v) is 14.7. The third-order valence-corrected chi connectivity index (χ3v) is 4.87. The topological polar surface area (TPSA) is 22.1 Å². The summed E-state index contributed by atoms with van der Waals surface area (Å²) in [7, 11) is 0. The summed E-state index contributed by atoms with van der Waals surface area (Å²) in [6, 6.07) is 8.38. The van der Waals surface area contributed by atoms with Gasteiger partial charge >= 0.3 is 0 Å². The van der Waals surface area contributed by atoms with E-state index in [-0.39, 0.29) is 16.9 Å². The Balaban J connectivity index is 2.29. The molecular formula is C20H27NO. The minimum Gasteiger partial charge on any atom is -0.474 e. The van der Waals surface area contributed by atoms with Crippen molar-refractivity contribution in [2.45, 2.75) is 65.9 Å². The number of hydrogen-bond donors (Lipinski definition) is 0. The van der Waals surface area contributed by atoms with Crippen molar-refractivity contribution in [2.24, 2.45) is 5.41 Å². The molecule has 0 amide bonds. The lowest BCUT2D eigenvalue weighted by atomic mass is 9.68. The van der Waals surface area contributed by atoms with Gasteiger partial charge in [-0.15, -0.1) is 0 Å². The van der Waals surface area contributed by atoms with E-state index in [0.717, 1.165) is 24.2 Å².